The predicted molar refractivity (Wildman–Crippen MR) is 49.2 cm³/mol. The fourth-order valence-electron chi connectivity index (χ4n) is 1.46. The molecule has 1 atom stereocenters. The summed E-state index contributed by atoms with van der Waals surface area (Å²) in [5, 5.41) is 0. The molecule has 1 nitrogen and oxygen atoms in total. The predicted octanol–water partition coefficient (Wildman–Crippen LogP) is 2.47. The van der Waals surface area contributed by atoms with E-state index < -0.39 is 0 Å². The van der Waals surface area contributed by atoms with Crippen LogP contribution in [0.25, 0.3) is 0 Å². The number of hydrogen-bond acceptors (Lipinski definition) is 1. The van der Waals surface area contributed by atoms with Crippen LogP contribution >= 0.6 is 0 Å². The Hall–Kier alpha value is -0.890. The van der Waals surface area contributed by atoms with Gasteiger partial charge in [0.15, 0.2) is 0 Å². The van der Waals surface area contributed by atoms with Gasteiger partial charge >= 0.3 is 0 Å². The minimum atomic E-state index is -0.141. The van der Waals surface area contributed by atoms with E-state index in [-0.39, 0.29) is 5.82 Å². The number of epoxide rings is 1. The molecule has 1 aliphatic rings. The zero-order valence-corrected chi connectivity index (χ0v) is 7.72. The molecule has 0 spiro atoms. The average molecular weight is 180 g/mol. The lowest BCUT2D eigenvalue weighted by atomic mass is 10.0. The fourth-order valence-corrected chi connectivity index (χ4v) is 1.46. The second-order valence-electron chi connectivity index (χ2n) is 3.56. The standard InChI is InChI=1S/C11H13FO/c1-8-2-4-10(12)6-9(8)3-5-11-7-13-11/h2,4,6,11H,3,5,7H2,1H3. The second-order valence-corrected chi connectivity index (χ2v) is 3.56. The molecule has 0 aliphatic carbocycles. The van der Waals surface area contributed by atoms with E-state index in [0.717, 1.165) is 25.0 Å². The van der Waals surface area contributed by atoms with Crippen molar-refractivity contribution in [3.63, 3.8) is 0 Å². The maximum absolute atomic E-state index is 12.9. The lowest BCUT2D eigenvalue weighted by Crippen LogP contribution is -1.94. The molecular formula is C11H13FO. The Bertz CT molecular complexity index is 305. The largest absolute Gasteiger partial charge is 0.373 e. The van der Waals surface area contributed by atoms with Crippen LogP contribution in [-0.4, -0.2) is 12.7 Å². The minimum absolute atomic E-state index is 0.141. The third-order valence-electron chi connectivity index (χ3n) is 2.45. The highest BCUT2D eigenvalue weighted by molar-refractivity contribution is 5.26. The van der Waals surface area contributed by atoms with E-state index in [1.165, 1.54) is 11.6 Å². The summed E-state index contributed by atoms with van der Waals surface area (Å²) in [7, 11) is 0. The first-order valence-electron chi connectivity index (χ1n) is 4.62. The first kappa shape index (κ1) is 8.70. The Labute approximate surface area is 77.5 Å². The van der Waals surface area contributed by atoms with E-state index in [1.807, 2.05) is 13.0 Å². The van der Waals surface area contributed by atoms with Gasteiger partial charge < -0.3 is 4.74 Å². The van der Waals surface area contributed by atoms with Crippen LogP contribution in [0.5, 0.6) is 0 Å². The molecular weight excluding hydrogens is 167 g/mol. The van der Waals surface area contributed by atoms with Gasteiger partial charge in [-0.1, -0.05) is 6.07 Å². The zero-order valence-electron chi connectivity index (χ0n) is 7.72. The highest BCUT2D eigenvalue weighted by Gasteiger charge is 2.21. The van der Waals surface area contributed by atoms with E-state index in [2.05, 4.69) is 0 Å². The Morgan fingerprint density at radius 3 is 3.00 bits per heavy atom. The Morgan fingerprint density at radius 2 is 2.31 bits per heavy atom. The number of halogens is 1. The summed E-state index contributed by atoms with van der Waals surface area (Å²) in [6, 6.07) is 4.96. The molecule has 13 heavy (non-hydrogen) atoms. The van der Waals surface area contributed by atoms with Crippen LogP contribution < -0.4 is 0 Å². The van der Waals surface area contributed by atoms with Crippen molar-refractivity contribution in [3.05, 3.63) is 35.1 Å². The van der Waals surface area contributed by atoms with Crippen molar-refractivity contribution in [2.24, 2.45) is 0 Å². The lowest BCUT2D eigenvalue weighted by Gasteiger charge is -2.03. The van der Waals surface area contributed by atoms with E-state index in [0.29, 0.717) is 6.10 Å². The van der Waals surface area contributed by atoms with Gasteiger partial charge in [0, 0.05) is 0 Å². The first-order chi connectivity index (χ1) is 6.25. The molecule has 1 unspecified atom stereocenters. The topological polar surface area (TPSA) is 12.5 Å². The highest BCUT2D eigenvalue weighted by Crippen LogP contribution is 2.19. The molecule has 2 heteroatoms. The van der Waals surface area contributed by atoms with E-state index in [4.69, 9.17) is 4.74 Å². The maximum atomic E-state index is 12.9. The Balaban J connectivity index is 2.03. The van der Waals surface area contributed by atoms with Crippen LogP contribution in [0.1, 0.15) is 17.5 Å². The van der Waals surface area contributed by atoms with E-state index >= 15 is 0 Å². The van der Waals surface area contributed by atoms with Crippen LogP contribution in [-0.2, 0) is 11.2 Å². The van der Waals surface area contributed by atoms with Gasteiger partial charge in [0.25, 0.3) is 0 Å². The number of ether oxygens (including phenoxy) is 1. The third-order valence-corrected chi connectivity index (χ3v) is 2.45. The first-order valence-corrected chi connectivity index (χ1v) is 4.62. The van der Waals surface area contributed by atoms with Crippen molar-refractivity contribution < 1.29 is 9.13 Å². The van der Waals surface area contributed by atoms with Crippen molar-refractivity contribution in [3.8, 4) is 0 Å². The summed E-state index contributed by atoms with van der Waals surface area (Å²) in [6.45, 7) is 2.90. The molecule has 1 heterocycles. The molecule has 0 N–H and O–H groups in total. The van der Waals surface area contributed by atoms with Crippen LogP contribution in [0.15, 0.2) is 18.2 Å². The van der Waals surface area contributed by atoms with Crippen molar-refractivity contribution in [1.29, 1.82) is 0 Å². The molecule has 2 rings (SSSR count). The van der Waals surface area contributed by atoms with Crippen LogP contribution in [0.3, 0.4) is 0 Å². The summed E-state index contributed by atoms with van der Waals surface area (Å²) in [5.41, 5.74) is 2.28. The molecule has 1 saturated heterocycles. The zero-order chi connectivity index (χ0) is 9.26. The highest BCUT2D eigenvalue weighted by atomic mass is 19.1. The van der Waals surface area contributed by atoms with Gasteiger partial charge in [-0.2, -0.15) is 0 Å². The minimum Gasteiger partial charge on any atom is -0.373 e. The van der Waals surface area contributed by atoms with Gasteiger partial charge in [-0.15, -0.1) is 0 Å². The van der Waals surface area contributed by atoms with Crippen LogP contribution in [0.4, 0.5) is 4.39 Å². The second kappa shape index (κ2) is 3.46. The number of benzene rings is 1. The van der Waals surface area contributed by atoms with Gasteiger partial charge in [-0.3, -0.25) is 0 Å². The fraction of sp³-hybridized carbons (Fsp3) is 0.455. The molecule has 70 valence electrons. The molecule has 1 aromatic rings. The van der Waals surface area contributed by atoms with E-state index in [9.17, 15) is 4.39 Å². The van der Waals surface area contributed by atoms with Gasteiger partial charge in [0.05, 0.1) is 12.7 Å². The number of hydrogen-bond donors (Lipinski definition) is 0. The third kappa shape index (κ3) is 2.28. The van der Waals surface area contributed by atoms with Crippen LogP contribution in [0.2, 0.25) is 0 Å². The van der Waals surface area contributed by atoms with Gasteiger partial charge in [0.2, 0.25) is 0 Å². The molecule has 1 fully saturated rings. The molecule has 0 saturated carbocycles. The summed E-state index contributed by atoms with van der Waals surface area (Å²) in [6.07, 6.45) is 2.38. The smallest absolute Gasteiger partial charge is 0.123 e. The molecule has 0 radical (unpaired) electrons. The summed E-state index contributed by atoms with van der Waals surface area (Å²) in [5.74, 6) is -0.141. The van der Waals surface area contributed by atoms with Crippen molar-refractivity contribution >= 4 is 0 Å². The Morgan fingerprint density at radius 1 is 1.54 bits per heavy atom. The molecule has 0 amide bonds. The van der Waals surface area contributed by atoms with Crippen molar-refractivity contribution in [2.75, 3.05) is 6.61 Å². The maximum Gasteiger partial charge on any atom is 0.123 e. The summed E-state index contributed by atoms with van der Waals surface area (Å²) >= 11 is 0. The normalized spacial score (nSPS) is 20.3. The Kier molecular flexibility index (Phi) is 2.32. The molecule has 1 aromatic carbocycles. The monoisotopic (exact) mass is 180 g/mol. The lowest BCUT2D eigenvalue weighted by molar-refractivity contribution is 0.396. The van der Waals surface area contributed by atoms with Gasteiger partial charge in [-0.05, 0) is 43.0 Å². The van der Waals surface area contributed by atoms with Crippen LogP contribution in [0, 0.1) is 12.7 Å². The number of aryl methyl sites for hydroxylation is 2. The van der Waals surface area contributed by atoms with E-state index in [1.54, 1.807) is 6.07 Å². The van der Waals surface area contributed by atoms with Gasteiger partial charge in [-0.25, -0.2) is 4.39 Å². The summed E-state index contributed by atoms with van der Waals surface area (Å²) < 4.78 is 18.0. The average Bonchev–Trinajstić information content (AvgIpc) is 2.90. The van der Waals surface area contributed by atoms with Gasteiger partial charge in [0.1, 0.15) is 5.82 Å². The van der Waals surface area contributed by atoms with Crippen molar-refractivity contribution in [2.45, 2.75) is 25.9 Å². The molecule has 0 aromatic heterocycles. The molecule has 1 aliphatic heterocycles. The quantitative estimate of drug-likeness (QED) is 0.651. The SMILES string of the molecule is Cc1ccc(F)cc1CCC1CO1. The van der Waals surface area contributed by atoms with Crippen molar-refractivity contribution in [1.82, 2.24) is 0 Å². The summed E-state index contributed by atoms with van der Waals surface area (Å²) in [4.78, 5) is 0. The number of rotatable bonds is 3. The molecule has 0 bridgehead atoms.